The molecular weight excluding hydrogens is 725 g/mol. The molecule has 0 aromatic heterocycles. The van der Waals surface area contributed by atoms with Gasteiger partial charge in [-0.2, -0.15) is 0 Å². The van der Waals surface area contributed by atoms with Gasteiger partial charge < -0.3 is 15.4 Å². The molecule has 344 valence electrons. The molecule has 1 rings (SSSR count). The predicted octanol–water partition coefficient (Wildman–Crippen LogP) is 17.2. The molecule has 0 unspecified atom stereocenters. The molecule has 5 nitrogen and oxygen atoms in total. The Balaban J connectivity index is 2.41. The molecule has 0 bridgehead atoms. The molecule has 0 radical (unpaired) electrons. The van der Waals surface area contributed by atoms with Gasteiger partial charge in [0.05, 0.1) is 12.2 Å². The molecule has 0 spiro atoms. The molecule has 2 N–H and O–H groups in total. The van der Waals surface area contributed by atoms with E-state index in [4.69, 9.17) is 4.74 Å². The summed E-state index contributed by atoms with van der Waals surface area (Å²) in [6.45, 7) is 8.78. The molecule has 0 saturated carbocycles. The van der Waals surface area contributed by atoms with Crippen LogP contribution in [0.5, 0.6) is 5.75 Å². The first-order valence-corrected chi connectivity index (χ1v) is 26.5. The molecule has 0 atom stereocenters. The van der Waals surface area contributed by atoms with E-state index in [-0.39, 0.29) is 11.8 Å². The zero-order valence-corrected chi connectivity index (χ0v) is 39.9. The summed E-state index contributed by atoms with van der Waals surface area (Å²) in [5.41, 5.74) is 1.11. The third-order valence-electron chi connectivity index (χ3n) is 12.4. The number of nitrogens with one attached hydrogen (secondary N) is 2. The molecule has 0 aliphatic heterocycles. The van der Waals surface area contributed by atoms with E-state index < -0.39 is 0 Å². The second-order valence-corrected chi connectivity index (χ2v) is 18.2. The van der Waals surface area contributed by atoms with Gasteiger partial charge in [-0.1, -0.05) is 258 Å². The summed E-state index contributed by atoms with van der Waals surface area (Å²) >= 11 is 0. The van der Waals surface area contributed by atoms with Crippen LogP contribution in [0.25, 0.3) is 0 Å². The molecule has 5 heteroatoms. The number of amides is 2. The molecule has 1 aromatic rings. The number of carbonyl (C=O) groups is 2. The van der Waals surface area contributed by atoms with Gasteiger partial charge in [-0.25, -0.2) is 0 Å². The summed E-state index contributed by atoms with van der Waals surface area (Å²) in [6, 6.07) is 5.37. The van der Waals surface area contributed by atoms with Gasteiger partial charge in [0.2, 0.25) is 0 Å². The normalized spacial score (nSPS) is 11.3. The number of hydrogen-bond acceptors (Lipinski definition) is 3. The van der Waals surface area contributed by atoms with Gasteiger partial charge in [0.25, 0.3) is 11.8 Å². The van der Waals surface area contributed by atoms with Crippen molar-refractivity contribution in [2.24, 2.45) is 0 Å². The minimum absolute atomic E-state index is 0.0798. The van der Waals surface area contributed by atoms with Crippen molar-refractivity contribution in [3.05, 3.63) is 29.3 Å². The van der Waals surface area contributed by atoms with Gasteiger partial charge in [0.15, 0.2) is 0 Å². The summed E-state index contributed by atoms with van der Waals surface area (Å²) in [6.07, 6.45) is 52.7. The Bertz CT molecular complexity index is 1060. The van der Waals surface area contributed by atoms with Crippen LogP contribution in [0.4, 0.5) is 0 Å². The Morgan fingerprint density at radius 3 is 1.00 bits per heavy atom. The zero-order valence-electron chi connectivity index (χ0n) is 39.9. The first-order chi connectivity index (χ1) is 29.1. The fourth-order valence-electron chi connectivity index (χ4n) is 8.34. The van der Waals surface area contributed by atoms with Crippen LogP contribution in [0.2, 0.25) is 0 Å². The Morgan fingerprint density at radius 2 is 0.661 bits per heavy atom. The minimum Gasteiger partial charge on any atom is -0.493 e. The van der Waals surface area contributed by atoms with Crippen LogP contribution in [0.15, 0.2) is 18.2 Å². The smallest absolute Gasteiger partial charge is 0.255 e. The summed E-state index contributed by atoms with van der Waals surface area (Å²) in [7, 11) is 0. The van der Waals surface area contributed by atoms with E-state index in [0.717, 1.165) is 38.5 Å². The van der Waals surface area contributed by atoms with E-state index in [1.54, 1.807) is 18.2 Å². The lowest BCUT2D eigenvalue weighted by atomic mass is 10.0. The number of hydrogen-bond donors (Lipinski definition) is 2. The van der Waals surface area contributed by atoms with Crippen molar-refractivity contribution in [2.45, 2.75) is 278 Å². The maximum Gasteiger partial charge on any atom is 0.255 e. The van der Waals surface area contributed by atoms with Crippen molar-refractivity contribution in [1.29, 1.82) is 0 Å². The molecule has 2 amide bonds. The van der Waals surface area contributed by atoms with Crippen molar-refractivity contribution < 1.29 is 14.3 Å². The average molecular weight is 825 g/mol. The Hall–Kier alpha value is -2.04. The van der Waals surface area contributed by atoms with Gasteiger partial charge in [-0.05, 0) is 37.5 Å². The Morgan fingerprint density at radius 1 is 0.373 bits per heavy atom. The van der Waals surface area contributed by atoms with Crippen LogP contribution in [-0.4, -0.2) is 31.5 Å². The van der Waals surface area contributed by atoms with E-state index in [9.17, 15) is 9.59 Å². The van der Waals surface area contributed by atoms with E-state index in [1.165, 1.54) is 218 Å². The monoisotopic (exact) mass is 825 g/mol. The summed E-state index contributed by atoms with van der Waals surface area (Å²) in [4.78, 5) is 26.5. The van der Waals surface area contributed by atoms with Crippen LogP contribution in [0.1, 0.15) is 298 Å². The second kappa shape index (κ2) is 44.0. The van der Waals surface area contributed by atoms with Gasteiger partial charge in [-0.3, -0.25) is 9.59 Å². The molecule has 0 heterocycles. The number of carbonyl (C=O) groups excluding carboxylic acids is 2. The SMILES string of the molecule is CCCCCCCCCCCCCCCCCCOc1cc(C(=O)NCCCCCCCCCCCCCC)ccc1C(=O)NCCCCCCCCCCCCCC. The van der Waals surface area contributed by atoms with Crippen LogP contribution in [0.3, 0.4) is 0 Å². The predicted molar refractivity (Wildman–Crippen MR) is 258 cm³/mol. The molecule has 0 aliphatic rings. The molecule has 0 aliphatic carbocycles. The van der Waals surface area contributed by atoms with Gasteiger partial charge >= 0.3 is 0 Å². The highest BCUT2D eigenvalue weighted by Gasteiger charge is 2.16. The van der Waals surface area contributed by atoms with E-state index in [0.29, 0.717) is 36.6 Å². The van der Waals surface area contributed by atoms with E-state index in [1.807, 2.05) is 0 Å². The molecular formula is C54H100N2O3. The second-order valence-electron chi connectivity index (χ2n) is 18.2. The van der Waals surface area contributed by atoms with E-state index in [2.05, 4.69) is 31.4 Å². The minimum atomic E-state index is -0.0986. The molecule has 59 heavy (non-hydrogen) atoms. The Kier molecular flexibility index (Phi) is 41.0. The highest BCUT2D eigenvalue weighted by Crippen LogP contribution is 2.23. The zero-order chi connectivity index (χ0) is 42.5. The van der Waals surface area contributed by atoms with Crippen LogP contribution >= 0.6 is 0 Å². The number of unbranched alkanes of at least 4 members (excludes halogenated alkanes) is 37. The first kappa shape index (κ1) is 55.0. The fraction of sp³-hybridized carbons (Fsp3) is 0.852. The van der Waals surface area contributed by atoms with Crippen molar-refractivity contribution in [3.8, 4) is 5.75 Å². The van der Waals surface area contributed by atoms with Crippen molar-refractivity contribution >= 4 is 11.8 Å². The van der Waals surface area contributed by atoms with Gasteiger partial charge in [0.1, 0.15) is 5.75 Å². The highest BCUT2D eigenvalue weighted by atomic mass is 16.5. The molecule has 0 fully saturated rings. The maximum absolute atomic E-state index is 13.3. The summed E-state index contributed by atoms with van der Waals surface area (Å²) in [5.74, 6) is 0.360. The number of rotatable bonds is 46. The lowest BCUT2D eigenvalue weighted by Gasteiger charge is -2.14. The average Bonchev–Trinajstić information content (AvgIpc) is 3.25. The van der Waals surface area contributed by atoms with Gasteiger partial charge in [-0.15, -0.1) is 0 Å². The first-order valence-electron chi connectivity index (χ1n) is 26.5. The highest BCUT2D eigenvalue weighted by molar-refractivity contribution is 6.00. The summed E-state index contributed by atoms with van der Waals surface area (Å²) in [5, 5.41) is 6.26. The molecule has 1 aromatic carbocycles. The lowest BCUT2D eigenvalue weighted by Crippen LogP contribution is -2.26. The topological polar surface area (TPSA) is 67.4 Å². The van der Waals surface area contributed by atoms with Crippen molar-refractivity contribution in [2.75, 3.05) is 19.7 Å². The fourth-order valence-corrected chi connectivity index (χ4v) is 8.34. The number of ether oxygens (including phenoxy) is 1. The van der Waals surface area contributed by atoms with Gasteiger partial charge in [0, 0.05) is 18.7 Å². The standard InChI is InChI=1S/C54H100N2O3/c1-4-7-10-13-16-19-22-25-26-27-28-31-34-37-40-43-48-59-52-49-50(53(57)55-46-41-38-35-32-29-23-20-17-14-11-8-5-2)44-45-51(52)54(58)56-47-42-39-36-33-30-24-21-18-15-12-9-6-3/h44-45,49H,4-43,46-48H2,1-3H3,(H,55,57)(H,56,58). The molecule has 0 saturated heterocycles. The Labute approximate surface area is 367 Å². The van der Waals surface area contributed by atoms with E-state index >= 15 is 0 Å². The number of benzene rings is 1. The third kappa shape index (κ3) is 35.3. The lowest BCUT2D eigenvalue weighted by molar-refractivity contribution is 0.0937. The summed E-state index contributed by atoms with van der Waals surface area (Å²) < 4.78 is 6.27. The largest absolute Gasteiger partial charge is 0.493 e. The van der Waals surface area contributed by atoms with Crippen LogP contribution in [-0.2, 0) is 0 Å². The van der Waals surface area contributed by atoms with Crippen LogP contribution in [0, 0.1) is 0 Å². The quantitative estimate of drug-likeness (QED) is 0.0644. The van der Waals surface area contributed by atoms with Crippen molar-refractivity contribution in [3.63, 3.8) is 0 Å². The van der Waals surface area contributed by atoms with Crippen LogP contribution < -0.4 is 15.4 Å². The third-order valence-corrected chi connectivity index (χ3v) is 12.4. The van der Waals surface area contributed by atoms with Crippen molar-refractivity contribution in [1.82, 2.24) is 10.6 Å². The maximum atomic E-state index is 13.3.